The third kappa shape index (κ3) is 4.92. The van der Waals surface area contributed by atoms with E-state index < -0.39 is 0 Å². The Morgan fingerprint density at radius 3 is 2.34 bits per heavy atom. The minimum Gasteiger partial charge on any atom is -0.493 e. The molecular formula is C21H22N4O4. The molecule has 0 saturated heterocycles. The van der Waals surface area contributed by atoms with Gasteiger partial charge in [0.25, 0.3) is 5.91 Å². The SMILES string of the molecule is COc1cc(NC(=O)c2cc(NCc3cccnc3)ccn2)cc(OC)c1OC. The van der Waals surface area contributed by atoms with E-state index in [1.807, 2.05) is 12.1 Å². The Bertz CT molecular complexity index is 954. The molecule has 0 bridgehead atoms. The summed E-state index contributed by atoms with van der Waals surface area (Å²) in [7, 11) is 4.55. The molecule has 2 aromatic heterocycles. The minimum absolute atomic E-state index is 0.273. The van der Waals surface area contributed by atoms with Crippen molar-refractivity contribution < 1.29 is 19.0 Å². The van der Waals surface area contributed by atoms with Crippen LogP contribution in [0.4, 0.5) is 11.4 Å². The fourth-order valence-electron chi connectivity index (χ4n) is 2.72. The number of anilines is 2. The van der Waals surface area contributed by atoms with Gasteiger partial charge in [-0.15, -0.1) is 0 Å². The second kappa shape index (κ2) is 9.41. The molecule has 1 amide bonds. The number of ether oxygens (including phenoxy) is 3. The van der Waals surface area contributed by atoms with E-state index in [1.54, 1.807) is 42.9 Å². The average Bonchev–Trinajstić information content (AvgIpc) is 2.77. The third-order valence-corrected chi connectivity index (χ3v) is 4.13. The van der Waals surface area contributed by atoms with Crippen molar-refractivity contribution in [2.24, 2.45) is 0 Å². The number of carbonyl (C=O) groups is 1. The van der Waals surface area contributed by atoms with E-state index in [4.69, 9.17) is 14.2 Å². The van der Waals surface area contributed by atoms with Crippen molar-refractivity contribution in [2.75, 3.05) is 32.0 Å². The molecule has 150 valence electrons. The molecular weight excluding hydrogens is 372 g/mol. The van der Waals surface area contributed by atoms with Gasteiger partial charge in [0.05, 0.1) is 21.3 Å². The summed E-state index contributed by atoms with van der Waals surface area (Å²) >= 11 is 0. The summed E-state index contributed by atoms with van der Waals surface area (Å²) in [5, 5.41) is 6.06. The van der Waals surface area contributed by atoms with Gasteiger partial charge >= 0.3 is 0 Å². The van der Waals surface area contributed by atoms with Crippen LogP contribution in [0.25, 0.3) is 0 Å². The van der Waals surface area contributed by atoms with Crippen LogP contribution in [0.15, 0.2) is 55.0 Å². The monoisotopic (exact) mass is 394 g/mol. The molecule has 29 heavy (non-hydrogen) atoms. The number of nitrogens with zero attached hydrogens (tertiary/aromatic N) is 2. The van der Waals surface area contributed by atoms with Crippen LogP contribution in [0.2, 0.25) is 0 Å². The maximum Gasteiger partial charge on any atom is 0.274 e. The normalized spacial score (nSPS) is 10.2. The number of amides is 1. The zero-order chi connectivity index (χ0) is 20.6. The van der Waals surface area contributed by atoms with Crippen molar-refractivity contribution in [1.82, 2.24) is 9.97 Å². The van der Waals surface area contributed by atoms with Crippen molar-refractivity contribution >= 4 is 17.3 Å². The van der Waals surface area contributed by atoms with Gasteiger partial charge in [0.2, 0.25) is 5.75 Å². The summed E-state index contributed by atoms with van der Waals surface area (Å²) < 4.78 is 15.9. The van der Waals surface area contributed by atoms with E-state index in [2.05, 4.69) is 20.6 Å². The van der Waals surface area contributed by atoms with E-state index in [0.717, 1.165) is 11.3 Å². The third-order valence-electron chi connectivity index (χ3n) is 4.13. The molecule has 0 aliphatic heterocycles. The van der Waals surface area contributed by atoms with Gasteiger partial charge in [-0.1, -0.05) is 6.07 Å². The van der Waals surface area contributed by atoms with Crippen LogP contribution in [-0.2, 0) is 6.54 Å². The summed E-state index contributed by atoms with van der Waals surface area (Å²) in [6.07, 6.45) is 5.09. The fourth-order valence-corrected chi connectivity index (χ4v) is 2.72. The molecule has 0 unspecified atom stereocenters. The highest BCUT2D eigenvalue weighted by molar-refractivity contribution is 6.03. The van der Waals surface area contributed by atoms with Crippen molar-refractivity contribution in [1.29, 1.82) is 0 Å². The second-order valence-corrected chi connectivity index (χ2v) is 6.01. The Balaban J connectivity index is 1.74. The second-order valence-electron chi connectivity index (χ2n) is 6.01. The van der Waals surface area contributed by atoms with Gasteiger partial charge in [0, 0.05) is 48.6 Å². The van der Waals surface area contributed by atoms with Crippen LogP contribution < -0.4 is 24.8 Å². The zero-order valence-electron chi connectivity index (χ0n) is 16.4. The molecule has 3 rings (SSSR count). The van der Waals surface area contributed by atoms with Gasteiger partial charge in [0.1, 0.15) is 5.69 Å². The lowest BCUT2D eigenvalue weighted by Gasteiger charge is -2.14. The predicted molar refractivity (Wildman–Crippen MR) is 110 cm³/mol. The lowest BCUT2D eigenvalue weighted by atomic mass is 10.2. The highest BCUT2D eigenvalue weighted by Crippen LogP contribution is 2.40. The molecule has 0 spiro atoms. The van der Waals surface area contributed by atoms with Crippen LogP contribution in [0, 0.1) is 0 Å². The van der Waals surface area contributed by atoms with E-state index in [-0.39, 0.29) is 11.6 Å². The summed E-state index contributed by atoms with van der Waals surface area (Å²) in [6.45, 7) is 0.589. The number of hydrogen-bond acceptors (Lipinski definition) is 7. The lowest BCUT2D eigenvalue weighted by molar-refractivity contribution is 0.102. The van der Waals surface area contributed by atoms with Crippen molar-refractivity contribution in [3.8, 4) is 17.2 Å². The van der Waals surface area contributed by atoms with E-state index in [0.29, 0.717) is 29.5 Å². The highest BCUT2D eigenvalue weighted by Gasteiger charge is 2.16. The Hall–Kier alpha value is -3.81. The topological polar surface area (TPSA) is 94.6 Å². The first-order valence-electron chi connectivity index (χ1n) is 8.84. The van der Waals surface area contributed by atoms with Crippen LogP contribution in [0.1, 0.15) is 16.1 Å². The van der Waals surface area contributed by atoms with Gasteiger partial charge in [-0.05, 0) is 23.8 Å². The van der Waals surface area contributed by atoms with Gasteiger partial charge in [-0.2, -0.15) is 0 Å². The molecule has 0 saturated carbocycles. The first-order valence-corrected chi connectivity index (χ1v) is 8.84. The van der Waals surface area contributed by atoms with Gasteiger partial charge in [-0.25, -0.2) is 0 Å². The van der Waals surface area contributed by atoms with E-state index in [1.165, 1.54) is 21.3 Å². The van der Waals surface area contributed by atoms with Gasteiger partial charge in [0.15, 0.2) is 11.5 Å². The summed E-state index contributed by atoms with van der Waals surface area (Å²) in [4.78, 5) is 20.9. The standard InChI is InChI=1S/C21H22N4O4/c1-27-18-10-16(11-19(28-2)20(18)29-3)25-21(26)17-9-15(6-8-23-17)24-13-14-5-4-7-22-12-14/h4-12H,13H2,1-3H3,(H,23,24)(H,25,26). The van der Waals surface area contributed by atoms with Crippen LogP contribution in [-0.4, -0.2) is 37.2 Å². The summed E-state index contributed by atoms with van der Waals surface area (Å²) in [5.74, 6) is 0.987. The summed E-state index contributed by atoms with van der Waals surface area (Å²) in [5.41, 5.74) is 2.58. The molecule has 0 fully saturated rings. The minimum atomic E-state index is -0.357. The predicted octanol–water partition coefficient (Wildman–Crippen LogP) is 3.37. The van der Waals surface area contributed by atoms with Crippen molar-refractivity contribution in [2.45, 2.75) is 6.54 Å². The van der Waals surface area contributed by atoms with Crippen molar-refractivity contribution in [3.63, 3.8) is 0 Å². The molecule has 8 heteroatoms. The van der Waals surface area contributed by atoms with E-state index >= 15 is 0 Å². The average molecular weight is 394 g/mol. The Morgan fingerprint density at radius 2 is 1.72 bits per heavy atom. The number of nitrogens with one attached hydrogen (secondary N) is 2. The number of carbonyl (C=O) groups excluding carboxylic acids is 1. The smallest absolute Gasteiger partial charge is 0.274 e. The Labute approximate surface area is 168 Å². The van der Waals surface area contributed by atoms with Gasteiger partial charge < -0.3 is 24.8 Å². The largest absolute Gasteiger partial charge is 0.493 e. The Morgan fingerprint density at radius 1 is 0.966 bits per heavy atom. The molecule has 0 radical (unpaired) electrons. The van der Waals surface area contributed by atoms with Crippen LogP contribution in [0.5, 0.6) is 17.2 Å². The molecule has 0 aliphatic rings. The van der Waals surface area contributed by atoms with Crippen LogP contribution >= 0.6 is 0 Å². The molecule has 1 aromatic carbocycles. The molecule has 3 aromatic rings. The summed E-state index contributed by atoms with van der Waals surface area (Å²) in [6, 6.07) is 10.6. The zero-order valence-corrected chi connectivity index (χ0v) is 16.4. The first-order chi connectivity index (χ1) is 14.1. The quantitative estimate of drug-likeness (QED) is 0.605. The number of hydrogen-bond donors (Lipinski definition) is 2. The van der Waals surface area contributed by atoms with Gasteiger partial charge in [-0.3, -0.25) is 14.8 Å². The molecule has 2 heterocycles. The Kier molecular flexibility index (Phi) is 6.47. The highest BCUT2D eigenvalue weighted by atomic mass is 16.5. The molecule has 0 atom stereocenters. The molecule has 0 aliphatic carbocycles. The molecule has 8 nitrogen and oxygen atoms in total. The first kappa shape index (κ1) is 19.9. The lowest BCUT2D eigenvalue weighted by Crippen LogP contribution is -2.14. The number of rotatable bonds is 8. The number of pyridine rings is 2. The van der Waals surface area contributed by atoms with E-state index in [9.17, 15) is 4.79 Å². The fraction of sp³-hybridized carbons (Fsp3) is 0.190. The van der Waals surface area contributed by atoms with Crippen molar-refractivity contribution in [3.05, 3.63) is 66.2 Å². The molecule has 2 N–H and O–H groups in total. The number of aromatic nitrogens is 2. The number of benzene rings is 1. The maximum absolute atomic E-state index is 12.7. The maximum atomic E-state index is 12.7. The van der Waals surface area contributed by atoms with Crippen LogP contribution in [0.3, 0.4) is 0 Å². The number of methoxy groups -OCH3 is 3.